The monoisotopic (exact) mass is 284 g/mol. The van der Waals surface area contributed by atoms with E-state index in [9.17, 15) is 0 Å². The molecule has 0 unspecified atom stereocenters. The SMILES string of the molecule is Cc1ccc(Cl)cc1-n1cncc1-c1cnccc1N. The minimum Gasteiger partial charge on any atom is -0.398 e. The molecule has 2 heterocycles. The van der Waals surface area contributed by atoms with Gasteiger partial charge < -0.3 is 5.73 Å². The summed E-state index contributed by atoms with van der Waals surface area (Å²) in [4.78, 5) is 8.35. The third-order valence-electron chi connectivity index (χ3n) is 3.20. The van der Waals surface area contributed by atoms with Crippen LogP contribution in [0.2, 0.25) is 5.02 Å². The second-order valence-corrected chi connectivity index (χ2v) is 4.98. The number of rotatable bonds is 2. The summed E-state index contributed by atoms with van der Waals surface area (Å²) < 4.78 is 1.97. The number of anilines is 1. The van der Waals surface area contributed by atoms with Gasteiger partial charge in [0.05, 0.1) is 23.9 Å². The van der Waals surface area contributed by atoms with Crippen LogP contribution in [0.3, 0.4) is 0 Å². The van der Waals surface area contributed by atoms with Crippen LogP contribution in [0.25, 0.3) is 16.9 Å². The van der Waals surface area contributed by atoms with Crippen LogP contribution in [0.1, 0.15) is 5.56 Å². The van der Waals surface area contributed by atoms with E-state index in [1.165, 1.54) is 0 Å². The van der Waals surface area contributed by atoms with E-state index in [1.807, 2.05) is 29.7 Å². The van der Waals surface area contributed by atoms with E-state index in [2.05, 4.69) is 9.97 Å². The van der Waals surface area contributed by atoms with Crippen LogP contribution < -0.4 is 5.73 Å². The zero-order valence-corrected chi connectivity index (χ0v) is 11.7. The first kappa shape index (κ1) is 12.7. The maximum atomic E-state index is 6.09. The maximum absolute atomic E-state index is 6.09. The number of halogens is 1. The molecule has 3 rings (SSSR count). The first-order valence-electron chi connectivity index (χ1n) is 6.15. The molecule has 0 atom stereocenters. The lowest BCUT2D eigenvalue weighted by molar-refractivity contribution is 1.04. The van der Waals surface area contributed by atoms with E-state index < -0.39 is 0 Å². The van der Waals surface area contributed by atoms with Gasteiger partial charge >= 0.3 is 0 Å². The smallest absolute Gasteiger partial charge is 0.0997 e. The van der Waals surface area contributed by atoms with Crippen LogP contribution in [-0.4, -0.2) is 14.5 Å². The molecule has 0 bridgehead atoms. The Morgan fingerprint density at radius 3 is 2.80 bits per heavy atom. The second kappa shape index (κ2) is 4.98. The molecule has 2 aromatic heterocycles. The van der Waals surface area contributed by atoms with Gasteiger partial charge in [-0.15, -0.1) is 0 Å². The zero-order chi connectivity index (χ0) is 14.1. The molecular weight excluding hydrogens is 272 g/mol. The highest BCUT2D eigenvalue weighted by molar-refractivity contribution is 6.30. The van der Waals surface area contributed by atoms with E-state index in [0.717, 1.165) is 22.5 Å². The van der Waals surface area contributed by atoms with Gasteiger partial charge in [0.25, 0.3) is 0 Å². The Morgan fingerprint density at radius 2 is 2.00 bits per heavy atom. The van der Waals surface area contributed by atoms with Crippen molar-refractivity contribution in [1.29, 1.82) is 0 Å². The molecule has 4 nitrogen and oxygen atoms in total. The Morgan fingerprint density at radius 1 is 1.15 bits per heavy atom. The van der Waals surface area contributed by atoms with Crippen molar-refractivity contribution in [3.05, 3.63) is 59.8 Å². The van der Waals surface area contributed by atoms with Crippen molar-refractivity contribution in [3.8, 4) is 16.9 Å². The number of aryl methyl sites for hydroxylation is 1. The third-order valence-corrected chi connectivity index (χ3v) is 3.44. The Kier molecular flexibility index (Phi) is 3.16. The van der Waals surface area contributed by atoms with Gasteiger partial charge in [-0.05, 0) is 30.7 Å². The fraction of sp³-hybridized carbons (Fsp3) is 0.0667. The van der Waals surface area contributed by atoms with Crippen LogP contribution >= 0.6 is 11.6 Å². The summed E-state index contributed by atoms with van der Waals surface area (Å²) in [5.74, 6) is 0. The molecule has 0 aliphatic heterocycles. The summed E-state index contributed by atoms with van der Waals surface area (Å²) in [5, 5.41) is 0.685. The van der Waals surface area contributed by atoms with Gasteiger partial charge in [-0.25, -0.2) is 4.98 Å². The Bertz CT molecular complexity index is 764. The molecule has 20 heavy (non-hydrogen) atoms. The molecule has 0 radical (unpaired) electrons. The van der Waals surface area contributed by atoms with Gasteiger partial charge in [-0.3, -0.25) is 9.55 Å². The van der Waals surface area contributed by atoms with E-state index in [1.54, 1.807) is 31.0 Å². The predicted molar refractivity (Wildman–Crippen MR) is 81.0 cm³/mol. The molecule has 100 valence electrons. The van der Waals surface area contributed by atoms with E-state index >= 15 is 0 Å². The van der Waals surface area contributed by atoms with Gasteiger partial charge in [0.2, 0.25) is 0 Å². The fourth-order valence-electron chi connectivity index (χ4n) is 2.15. The quantitative estimate of drug-likeness (QED) is 0.784. The fourth-order valence-corrected chi connectivity index (χ4v) is 2.31. The standard InChI is InChI=1S/C15H13ClN4/c1-10-2-3-11(16)6-14(10)20-9-19-8-15(20)12-7-18-5-4-13(12)17/h2-9H,1H3,(H2,17,18). The molecule has 0 amide bonds. The Hall–Kier alpha value is -2.33. The van der Waals surface area contributed by atoms with Crippen LogP contribution in [0.4, 0.5) is 5.69 Å². The topological polar surface area (TPSA) is 56.7 Å². The highest BCUT2D eigenvalue weighted by Crippen LogP contribution is 2.29. The minimum atomic E-state index is 0.668. The Labute approximate surface area is 121 Å². The van der Waals surface area contributed by atoms with Crippen LogP contribution in [0.5, 0.6) is 0 Å². The molecule has 0 aliphatic carbocycles. The Balaban J connectivity index is 2.21. The number of hydrogen-bond acceptors (Lipinski definition) is 3. The van der Waals surface area contributed by atoms with Crippen LogP contribution in [0.15, 0.2) is 49.2 Å². The number of pyridine rings is 1. The summed E-state index contributed by atoms with van der Waals surface area (Å²) in [6.07, 6.45) is 6.93. The second-order valence-electron chi connectivity index (χ2n) is 4.54. The molecular formula is C15H13ClN4. The minimum absolute atomic E-state index is 0.668. The average Bonchev–Trinajstić information content (AvgIpc) is 2.91. The summed E-state index contributed by atoms with van der Waals surface area (Å²) in [7, 11) is 0. The zero-order valence-electron chi connectivity index (χ0n) is 10.9. The van der Waals surface area contributed by atoms with Crippen molar-refractivity contribution in [1.82, 2.24) is 14.5 Å². The van der Waals surface area contributed by atoms with E-state index in [0.29, 0.717) is 10.7 Å². The summed E-state index contributed by atoms with van der Waals surface area (Å²) >= 11 is 6.09. The molecule has 3 aromatic rings. The largest absolute Gasteiger partial charge is 0.398 e. The maximum Gasteiger partial charge on any atom is 0.0997 e. The van der Waals surface area contributed by atoms with Gasteiger partial charge in [0.15, 0.2) is 0 Å². The number of imidazole rings is 1. The summed E-state index contributed by atoms with van der Waals surface area (Å²) in [5.41, 5.74) is 10.5. The summed E-state index contributed by atoms with van der Waals surface area (Å²) in [6, 6.07) is 7.54. The van der Waals surface area contributed by atoms with Crippen molar-refractivity contribution < 1.29 is 0 Å². The van der Waals surface area contributed by atoms with E-state index in [4.69, 9.17) is 17.3 Å². The molecule has 0 saturated carbocycles. The third kappa shape index (κ3) is 2.14. The van der Waals surface area contributed by atoms with Gasteiger partial charge in [-0.2, -0.15) is 0 Å². The molecule has 1 aromatic carbocycles. The van der Waals surface area contributed by atoms with Crippen molar-refractivity contribution in [3.63, 3.8) is 0 Å². The lowest BCUT2D eigenvalue weighted by atomic mass is 10.1. The number of nitrogen functional groups attached to an aromatic ring is 1. The van der Waals surface area contributed by atoms with E-state index in [-0.39, 0.29) is 0 Å². The lowest BCUT2D eigenvalue weighted by Crippen LogP contribution is -2.00. The predicted octanol–water partition coefficient (Wildman–Crippen LogP) is 3.48. The molecule has 0 saturated heterocycles. The molecule has 0 spiro atoms. The van der Waals surface area contributed by atoms with Crippen LogP contribution in [0, 0.1) is 6.92 Å². The first-order chi connectivity index (χ1) is 9.66. The molecule has 0 fully saturated rings. The highest BCUT2D eigenvalue weighted by Gasteiger charge is 2.11. The number of aromatic nitrogens is 3. The van der Waals surface area contributed by atoms with Crippen molar-refractivity contribution in [2.45, 2.75) is 6.92 Å². The van der Waals surface area contributed by atoms with Gasteiger partial charge in [0, 0.05) is 28.7 Å². The average molecular weight is 285 g/mol. The van der Waals surface area contributed by atoms with Gasteiger partial charge in [-0.1, -0.05) is 17.7 Å². The van der Waals surface area contributed by atoms with Crippen molar-refractivity contribution >= 4 is 17.3 Å². The molecule has 2 N–H and O–H groups in total. The van der Waals surface area contributed by atoms with Crippen LogP contribution in [-0.2, 0) is 0 Å². The van der Waals surface area contributed by atoms with Gasteiger partial charge in [0.1, 0.15) is 0 Å². The lowest BCUT2D eigenvalue weighted by Gasteiger charge is -2.12. The summed E-state index contributed by atoms with van der Waals surface area (Å²) in [6.45, 7) is 2.03. The molecule has 5 heteroatoms. The first-order valence-corrected chi connectivity index (χ1v) is 6.53. The van der Waals surface area contributed by atoms with Crippen molar-refractivity contribution in [2.24, 2.45) is 0 Å². The number of nitrogens with zero attached hydrogens (tertiary/aromatic N) is 3. The number of benzene rings is 1. The normalized spacial score (nSPS) is 10.7. The molecule has 0 aliphatic rings. The van der Waals surface area contributed by atoms with Crippen molar-refractivity contribution in [2.75, 3.05) is 5.73 Å². The highest BCUT2D eigenvalue weighted by atomic mass is 35.5. The number of hydrogen-bond donors (Lipinski definition) is 1. The number of nitrogens with two attached hydrogens (primary N) is 1.